The highest BCUT2D eigenvalue weighted by molar-refractivity contribution is 9.09. The van der Waals surface area contributed by atoms with Crippen molar-refractivity contribution in [1.82, 2.24) is 4.34 Å². The normalized spacial score (nSPS) is 13.1. The van der Waals surface area contributed by atoms with Gasteiger partial charge in [-0.25, -0.2) is 4.34 Å². The highest BCUT2D eigenvalue weighted by Crippen LogP contribution is 1.97. The van der Waals surface area contributed by atoms with Gasteiger partial charge in [-0.3, -0.25) is 4.79 Å². The average Bonchev–Trinajstić information content (AvgIpc) is 1.82. The van der Waals surface area contributed by atoms with Gasteiger partial charge in [0.1, 0.15) is 6.04 Å². The van der Waals surface area contributed by atoms with Gasteiger partial charge in [-0.15, -0.1) is 0 Å². The number of hydrogen-bond acceptors (Lipinski definition) is 2. The fourth-order valence-corrected chi connectivity index (χ4v) is 1.22. The lowest BCUT2D eigenvalue weighted by Gasteiger charge is -2.05. The summed E-state index contributed by atoms with van der Waals surface area (Å²) in [5, 5.41) is 9.07. The van der Waals surface area contributed by atoms with Crippen LogP contribution in [0.1, 0.15) is 6.42 Å². The Kier molecular flexibility index (Phi) is 5.42. The van der Waals surface area contributed by atoms with E-state index in [2.05, 4.69) is 36.4 Å². The van der Waals surface area contributed by atoms with Crippen LogP contribution in [-0.2, 0) is 4.79 Å². The third kappa shape index (κ3) is 3.89. The quantitative estimate of drug-likeness (QED) is 0.589. The van der Waals surface area contributed by atoms with Crippen molar-refractivity contribution in [1.29, 1.82) is 0 Å². The highest BCUT2D eigenvalue weighted by atomic mass is 79.9. The van der Waals surface area contributed by atoms with Crippen molar-refractivity contribution in [3.8, 4) is 0 Å². The largest absolute Gasteiger partial charge is 0.480 e. The molecule has 0 fully saturated rings. The van der Waals surface area contributed by atoms with E-state index in [-0.39, 0.29) is 0 Å². The number of rotatable bonds is 4. The van der Waals surface area contributed by atoms with Crippen LogP contribution in [0, 0.1) is 0 Å². The first-order valence-electron chi connectivity index (χ1n) is 2.37. The van der Waals surface area contributed by atoms with Gasteiger partial charge in [-0.05, 0) is 6.42 Å². The molecule has 0 heterocycles. The molecular formula is C4H7Br2NO2. The predicted octanol–water partition coefficient (Wildman–Crippen LogP) is 1.12. The van der Waals surface area contributed by atoms with Crippen LogP contribution in [0.4, 0.5) is 0 Å². The van der Waals surface area contributed by atoms with E-state index in [1.807, 2.05) is 0 Å². The summed E-state index contributed by atoms with van der Waals surface area (Å²) >= 11 is 6.00. The smallest absolute Gasteiger partial charge is 0.321 e. The Morgan fingerprint density at radius 3 is 2.44 bits per heavy atom. The molecule has 0 radical (unpaired) electrons. The molecule has 0 aliphatic carbocycles. The number of aliphatic carboxylic acids is 1. The summed E-state index contributed by atoms with van der Waals surface area (Å²) in [7, 11) is 0. The number of carbonyl (C=O) groups is 1. The second-order valence-corrected chi connectivity index (χ2v) is 2.73. The third-order valence-corrected chi connectivity index (χ3v) is 1.84. The predicted molar refractivity (Wildman–Crippen MR) is 41.9 cm³/mol. The van der Waals surface area contributed by atoms with Crippen molar-refractivity contribution < 1.29 is 9.90 Å². The summed E-state index contributed by atoms with van der Waals surface area (Å²) in [4.78, 5) is 10.2. The Morgan fingerprint density at radius 1 is 1.78 bits per heavy atom. The second-order valence-electron chi connectivity index (χ2n) is 1.48. The van der Waals surface area contributed by atoms with Crippen molar-refractivity contribution in [3.05, 3.63) is 0 Å². The molecule has 0 saturated heterocycles. The molecular weight excluding hydrogens is 254 g/mol. The van der Waals surface area contributed by atoms with Gasteiger partial charge in [0.25, 0.3) is 0 Å². The summed E-state index contributed by atoms with van der Waals surface area (Å²) < 4.78 is 2.49. The summed E-state index contributed by atoms with van der Waals surface area (Å²) in [5.41, 5.74) is 0. The van der Waals surface area contributed by atoms with Gasteiger partial charge in [0.2, 0.25) is 0 Å². The molecule has 3 nitrogen and oxygen atoms in total. The molecule has 0 amide bonds. The Morgan fingerprint density at radius 2 is 2.33 bits per heavy atom. The summed E-state index contributed by atoms with van der Waals surface area (Å²) in [6, 6.07) is -0.496. The third-order valence-electron chi connectivity index (χ3n) is 0.828. The Labute approximate surface area is 70.3 Å². The van der Waals surface area contributed by atoms with Gasteiger partial charge in [0, 0.05) is 21.5 Å². The van der Waals surface area contributed by atoms with Crippen molar-refractivity contribution >= 4 is 38.0 Å². The summed E-state index contributed by atoms with van der Waals surface area (Å²) in [5.74, 6) is -0.841. The molecule has 0 unspecified atom stereocenters. The van der Waals surface area contributed by atoms with Crippen LogP contribution >= 0.6 is 32.1 Å². The SMILES string of the molecule is O=C(O)[C@H](CCBr)NBr. The minimum absolute atomic E-state index is 0.496. The summed E-state index contributed by atoms with van der Waals surface area (Å²) in [6.45, 7) is 0. The number of alkyl halides is 1. The first kappa shape index (κ1) is 9.39. The molecule has 0 bridgehead atoms. The molecule has 9 heavy (non-hydrogen) atoms. The highest BCUT2D eigenvalue weighted by Gasteiger charge is 2.13. The van der Waals surface area contributed by atoms with E-state index < -0.39 is 12.0 Å². The standard InChI is InChI=1S/C4H7Br2NO2/c5-2-1-3(7-6)4(8)9/h3,7H,1-2H2,(H,8,9)/t3-/m0/s1. The van der Waals surface area contributed by atoms with Gasteiger partial charge < -0.3 is 5.11 Å². The maximum atomic E-state index is 10.2. The number of hydrogen-bond donors (Lipinski definition) is 2. The van der Waals surface area contributed by atoms with Gasteiger partial charge in [-0.1, -0.05) is 15.9 Å². The monoisotopic (exact) mass is 259 g/mol. The van der Waals surface area contributed by atoms with E-state index in [1.54, 1.807) is 0 Å². The van der Waals surface area contributed by atoms with Gasteiger partial charge in [-0.2, -0.15) is 0 Å². The molecule has 0 saturated carbocycles. The number of carboxylic acids is 1. The van der Waals surface area contributed by atoms with Crippen molar-refractivity contribution in [2.75, 3.05) is 5.33 Å². The lowest BCUT2D eigenvalue weighted by molar-refractivity contribution is -0.138. The van der Waals surface area contributed by atoms with E-state index in [0.29, 0.717) is 11.8 Å². The fourth-order valence-electron chi connectivity index (χ4n) is 0.334. The molecule has 0 aromatic rings. The van der Waals surface area contributed by atoms with E-state index >= 15 is 0 Å². The second kappa shape index (κ2) is 5.20. The van der Waals surface area contributed by atoms with Gasteiger partial charge in [0.15, 0.2) is 0 Å². The zero-order chi connectivity index (χ0) is 7.28. The van der Waals surface area contributed by atoms with E-state index in [1.165, 1.54) is 0 Å². The number of nitrogens with one attached hydrogen (secondary N) is 1. The molecule has 0 aliphatic heterocycles. The molecule has 0 aliphatic rings. The van der Waals surface area contributed by atoms with Crippen LogP contribution in [0.5, 0.6) is 0 Å². The van der Waals surface area contributed by atoms with E-state index in [4.69, 9.17) is 5.11 Å². The van der Waals surface area contributed by atoms with Crippen LogP contribution in [0.25, 0.3) is 0 Å². The van der Waals surface area contributed by atoms with Gasteiger partial charge >= 0.3 is 5.97 Å². The molecule has 0 rings (SSSR count). The zero-order valence-electron chi connectivity index (χ0n) is 4.60. The van der Waals surface area contributed by atoms with Crippen molar-refractivity contribution in [2.24, 2.45) is 0 Å². The molecule has 1 atom stereocenters. The van der Waals surface area contributed by atoms with Crippen LogP contribution in [0.2, 0.25) is 0 Å². The van der Waals surface area contributed by atoms with E-state index in [0.717, 1.165) is 0 Å². The Balaban J connectivity index is 3.54. The minimum Gasteiger partial charge on any atom is -0.480 e. The van der Waals surface area contributed by atoms with Gasteiger partial charge in [0.05, 0.1) is 0 Å². The lowest BCUT2D eigenvalue weighted by atomic mass is 10.2. The van der Waals surface area contributed by atoms with Crippen LogP contribution < -0.4 is 4.34 Å². The maximum absolute atomic E-state index is 10.2. The maximum Gasteiger partial charge on any atom is 0.321 e. The average molecular weight is 261 g/mol. The Bertz CT molecular complexity index is 98.6. The van der Waals surface area contributed by atoms with Crippen LogP contribution in [0.3, 0.4) is 0 Å². The number of carboxylic acid groups (broad SMARTS) is 1. The van der Waals surface area contributed by atoms with E-state index in [9.17, 15) is 4.79 Å². The Hall–Kier alpha value is 0.390. The molecule has 54 valence electrons. The molecule has 0 aromatic heterocycles. The van der Waals surface area contributed by atoms with Crippen LogP contribution in [-0.4, -0.2) is 22.4 Å². The number of halogens is 2. The molecule has 2 N–H and O–H groups in total. The van der Waals surface area contributed by atoms with Crippen molar-refractivity contribution in [3.63, 3.8) is 0 Å². The topological polar surface area (TPSA) is 49.3 Å². The fraction of sp³-hybridized carbons (Fsp3) is 0.750. The van der Waals surface area contributed by atoms with Crippen molar-refractivity contribution in [2.45, 2.75) is 12.5 Å². The first-order valence-corrected chi connectivity index (χ1v) is 4.28. The summed E-state index contributed by atoms with van der Waals surface area (Å²) in [6.07, 6.45) is 0.570. The molecule has 0 aromatic carbocycles. The molecule has 5 heteroatoms. The zero-order valence-corrected chi connectivity index (χ0v) is 7.77. The minimum atomic E-state index is -0.841. The van der Waals surface area contributed by atoms with Crippen LogP contribution in [0.15, 0.2) is 0 Å². The lowest BCUT2D eigenvalue weighted by Crippen LogP contribution is -2.30. The molecule has 0 spiro atoms. The first-order chi connectivity index (χ1) is 4.22.